The first-order chi connectivity index (χ1) is 16.4. The largest absolute Gasteiger partial charge is 0.368 e. The Hall–Kier alpha value is -3.16. The van der Waals surface area contributed by atoms with Crippen LogP contribution in [0.1, 0.15) is 29.8 Å². The van der Waals surface area contributed by atoms with Gasteiger partial charge < -0.3 is 15.4 Å². The van der Waals surface area contributed by atoms with Crippen LogP contribution in [-0.4, -0.2) is 47.6 Å². The Balaban J connectivity index is 1.53. The third-order valence-electron chi connectivity index (χ3n) is 6.29. The number of rotatable bonds is 8. The Labute approximate surface area is 203 Å². The van der Waals surface area contributed by atoms with Crippen molar-refractivity contribution >= 4 is 40.1 Å². The summed E-state index contributed by atoms with van der Waals surface area (Å²) in [6.45, 7) is 3.40. The van der Waals surface area contributed by atoms with Crippen LogP contribution in [0, 0.1) is 0 Å². The Bertz CT molecular complexity index is 1190. The highest BCUT2D eigenvalue weighted by molar-refractivity contribution is 7.98. The number of ketones is 1. The molecule has 34 heavy (non-hydrogen) atoms. The summed E-state index contributed by atoms with van der Waals surface area (Å²) in [5.41, 5.74) is 0.514. The molecule has 3 unspecified atom stereocenters. The lowest BCUT2D eigenvalue weighted by atomic mass is 9.93. The molecule has 2 amide bonds. The summed E-state index contributed by atoms with van der Waals surface area (Å²) in [7, 11) is 0. The Morgan fingerprint density at radius 1 is 1.06 bits per heavy atom. The molecule has 1 saturated heterocycles. The molecule has 0 bridgehead atoms. The van der Waals surface area contributed by atoms with Gasteiger partial charge in [0, 0.05) is 17.1 Å². The predicted molar refractivity (Wildman–Crippen MR) is 135 cm³/mol. The molecule has 4 rings (SSSR count). The molecule has 0 saturated carbocycles. The zero-order valence-electron chi connectivity index (χ0n) is 19.2. The van der Waals surface area contributed by atoms with Gasteiger partial charge >= 0.3 is 0 Å². The van der Waals surface area contributed by atoms with Gasteiger partial charge in [-0.15, -0.1) is 0 Å². The lowest BCUT2D eigenvalue weighted by Gasteiger charge is -2.29. The molecule has 0 aromatic heterocycles. The molecule has 0 spiro atoms. The van der Waals surface area contributed by atoms with Crippen LogP contribution in [0.25, 0.3) is 10.8 Å². The van der Waals surface area contributed by atoms with Crippen LogP contribution in [0.5, 0.6) is 0 Å². The average molecular weight is 477 g/mol. The second-order valence-electron chi connectivity index (χ2n) is 8.62. The molecule has 0 aliphatic carbocycles. The number of thioether (sulfide) groups is 1. The van der Waals surface area contributed by atoms with E-state index in [0.717, 1.165) is 16.3 Å². The van der Waals surface area contributed by atoms with Gasteiger partial charge in [0.15, 0.2) is 5.78 Å². The van der Waals surface area contributed by atoms with E-state index in [9.17, 15) is 14.4 Å². The van der Waals surface area contributed by atoms with E-state index in [1.807, 2.05) is 66.7 Å². The summed E-state index contributed by atoms with van der Waals surface area (Å²) in [5, 5.41) is 7.53. The predicted octanol–water partition coefficient (Wildman–Crippen LogP) is 3.73. The number of carbonyl (C=O) groups is 3. The highest BCUT2D eigenvalue weighted by atomic mass is 32.2. The first-order valence-electron chi connectivity index (χ1n) is 11.3. The van der Waals surface area contributed by atoms with Gasteiger partial charge in [-0.05, 0) is 36.2 Å². The molecule has 1 aliphatic rings. The Morgan fingerprint density at radius 3 is 2.50 bits per heavy atom. The van der Waals surface area contributed by atoms with Crippen LogP contribution in [-0.2, 0) is 20.1 Å². The molecule has 6 nitrogen and oxygen atoms in total. The molecular formula is C27H28N2O4S. The van der Waals surface area contributed by atoms with Gasteiger partial charge in [0.1, 0.15) is 18.2 Å². The summed E-state index contributed by atoms with van der Waals surface area (Å²) >= 11 is 1.55. The van der Waals surface area contributed by atoms with Crippen molar-refractivity contribution < 1.29 is 19.1 Å². The van der Waals surface area contributed by atoms with Crippen molar-refractivity contribution in [1.82, 2.24) is 10.6 Å². The maximum absolute atomic E-state index is 13.3. The second kappa shape index (κ2) is 10.4. The van der Waals surface area contributed by atoms with Crippen LogP contribution in [0.4, 0.5) is 0 Å². The van der Waals surface area contributed by atoms with Crippen molar-refractivity contribution in [1.29, 1.82) is 0 Å². The highest BCUT2D eigenvalue weighted by Gasteiger charge is 2.47. The maximum atomic E-state index is 13.3. The zero-order valence-corrected chi connectivity index (χ0v) is 20.1. The van der Waals surface area contributed by atoms with Crippen molar-refractivity contribution in [2.45, 2.75) is 37.3 Å². The summed E-state index contributed by atoms with van der Waals surface area (Å²) in [5.74, 6) is 0.150. The van der Waals surface area contributed by atoms with Crippen LogP contribution < -0.4 is 10.6 Å². The number of benzene rings is 3. The van der Waals surface area contributed by atoms with Gasteiger partial charge in [-0.2, -0.15) is 11.8 Å². The molecule has 0 radical (unpaired) electrons. The van der Waals surface area contributed by atoms with Gasteiger partial charge in [0.05, 0.1) is 6.10 Å². The van der Waals surface area contributed by atoms with Crippen molar-refractivity contribution in [3.63, 3.8) is 0 Å². The van der Waals surface area contributed by atoms with Crippen molar-refractivity contribution in [3.8, 4) is 0 Å². The van der Waals surface area contributed by atoms with Crippen LogP contribution in [0.15, 0.2) is 72.8 Å². The molecule has 1 aliphatic heterocycles. The number of ether oxygens (including phenoxy) is 1. The number of carbonyl (C=O) groups excluding carboxylic acids is 3. The van der Waals surface area contributed by atoms with E-state index in [2.05, 4.69) is 10.6 Å². The number of amides is 2. The Kier molecular flexibility index (Phi) is 7.34. The molecule has 2 N–H and O–H groups in total. The van der Waals surface area contributed by atoms with Crippen LogP contribution >= 0.6 is 11.8 Å². The van der Waals surface area contributed by atoms with Crippen molar-refractivity contribution in [2.75, 3.05) is 12.4 Å². The van der Waals surface area contributed by atoms with Gasteiger partial charge in [-0.3, -0.25) is 14.4 Å². The third-order valence-corrected chi connectivity index (χ3v) is 7.40. The quantitative estimate of drug-likeness (QED) is 0.518. The fourth-order valence-electron chi connectivity index (χ4n) is 3.97. The van der Waals surface area contributed by atoms with Gasteiger partial charge in [-0.25, -0.2) is 0 Å². The number of Topliss-reactive ketones (excluding diaryl/α,β-unsaturated/α-hetero) is 1. The summed E-state index contributed by atoms with van der Waals surface area (Å²) in [4.78, 5) is 39.0. The summed E-state index contributed by atoms with van der Waals surface area (Å²) in [6, 6.07) is 22.3. The first-order valence-corrected chi connectivity index (χ1v) is 12.4. The molecule has 176 valence electrons. The molecule has 3 atom stereocenters. The molecular weight excluding hydrogens is 448 g/mol. The fraction of sp³-hybridized carbons (Fsp3) is 0.296. The van der Waals surface area contributed by atoms with E-state index in [4.69, 9.17) is 4.74 Å². The standard InChI is InChI=1S/C27H28N2O4S/c1-18-27(2,24(30)15-33-18)29-26(32)23(17-34-16-19-9-4-3-5-10-19)28-25(31)22-14-8-12-20-11-6-7-13-21(20)22/h3-14,18,23H,15-17H2,1-2H3,(H,28,31)(H,29,32). The number of nitrogens with one attached hydrogen (secondary N) is 2. The first kappa shape index (κ1) is 24.0. The van der Waals surface area contributed by atoms with E-state index in [1.165, 1.54) is 0 Å². The Morgan fingerprint density at radius 2 is 1.76 bits per heavy atom. The van der Waals surface area contributed by atoms with Gasteiger partial charge in [-0.1, -0.05) is 66.7 Å². The van der Waals surface area contributed by atoms with E-state index in [0.29, 0.717) is 17.1 Å². The fourth-order valence-corrected chi connectivity index (χ4v) is 4.99. The molecule has 1 heterocycles. The van der Waals surface area contributed by atoms with Crippen LogP contribution in [0.2, 0.25) is 0 Å². The minimum absolute atomic E-state index is 0.0340. The monoisotopic (exact) mass is 476 g/mol. The summed E-state index contributed by atoms with van der Waals surface area (Å²) in [6.07, 6.45) is -0.449. The average Bonchev–Trinajstić information content (AvgIpc) is 3.10. The number of hydrogen-bond donors (Lipinski definition) is 2. The minimum atomic E-state index is -1.12. The van der Waals surface area contributed by atoms with Gasteiger partial charge in [0.25, 0.3) is 5.91 Å². The zero-order chi connectivity index (χ0) is 24.1. The second-order valence-corrected chi connectivity index (χ2v) is 9.65. The SMILES string of the molecule is CC1OCC(=O)C1(C)NC(=O)C(CSCc1ccccc1)NC(=O)c1cccc2ccccc12. The maximum Gasteiger partial charge on any atom is 0.252 e. The molecule has 7 heteroatoms. The highest BCUT2D eigenvalue weighted by Crippen LogP contribution is 2.23. The van der Waals surface area contributed by atoms with Crippen molar-refractivity contribution in [2.24, 2.45) is 0 Å². The topological polar surface area (TPSA) is 84.5 Å². The van der Waals surface area contributed by atoms with Crippen molar-refractivity contribution in [3.05, 3.63) is 83.9 Å². The molecule has 1 fully saturated rings. The van der Waals surface area contributed by atoms with Crippen LogP contribution in [0.3, 0.4) is 0 Å². The molecule has 3 aromatic carbocycles. The van der Waals surface area contributed by atoms with Gasteiger partial charge in [0.2, 0.25) is 5.91 Å². The lowest BCUT2D eigenvalue weighted by Crippen LogP contribution is -2.60. The van der Waals surface area contributed by atoms with E-state index < -0.39 is 23.6 Å². The minimum Gasteiger partial charge on any atom is -0.368 e. The van der Waals surface area contributed by atoms with E-state index in [1.54, 1.807) is 31.7 Å². The number of fused-ring (bicyclic) bond motifs is 1. The third kappa shape index (κ3) is 5.16. The summed E-state index contributed by atoms with van der Waals surface area (Å²) < 4.78 is 5.44. The van der Waals surface area contributed by atoms with E-state index >= 15 is 0 Å². The lowest BCUT2D eigenvalue weighted by molar-refractivity contribution is -0.130. The molecule has 3 aromatic rings. The normalized spacial score (nSPS) is 20.8. The van der Waals surface area contributed by atoms with E-state index in [-0.39, 0.29) is 18.3 Å². The number of hydrogen-bond acceptors (Lipinski definition) is 5. The smallest absolute Gasteiger partial charge is 0.252 e.